The summed E-state index contributed by atoms with van der Waals surface area (Å²) in [6, 6.07) is 10.3. The first-order valence-corrected chi connectivity index (χ1v) is 6.86. The fourth-order valence-corrected chi connectivity index (χ4v) is 2.48. The van der Waals surface area contributed by atoms with Crippen LogP contribution in [0.2, 0.25) is 0 Å². The molecule has 0 radical (unpaired) electrons. The molecular formula is C15H22N2O2. The van der Waals surface area contributed by atoms with Gasteiger partial charge in [0, 0.05) is 6.04 Å². The van der Waals surface area contributed by atoms with Crippen LogP contribution >= 0.6 is 0 Å². The Morgan fingerprint density at radius 2 is 2.11 bits per heavy atom. The van der Waals surface area contributed by atoms with E-state index in [-0.39, 0.29) is 23.9 Å². The van der Waals surface area contributed by atoms with Gasteiger partial charge in [0.05, 0.1) is 25.2 Å². The zero-order valence-electron chi connectivity index (χ0n) is 11.6. The fourth-order valence-electron chi connectivity index (χ4n) is 2.48. The second kappa shape index (κ2) is 6.68. The molecule has 104 valence electrons. The normalized spacial score (nSPS) is 24.1. The van der Waals surface area contributed by atoms with E-state index in [9.17, 15) is 4.79 Å². The standard InChI is InChI=1S/C15H22N2O2/c1-3-13(11-7-5-4-6-8-11)17-15(18)12-9-19-10-14(12)16-2/h4-8,12-14,16H,3,9-10H2,1-2H3,(H,17,18). The maximum absolute atomic E-state index is 12.3. The lowest BCUT2D eigenvalue weighted by Crippen LogP contribution is -2.43. The predicted molar refractivity (Wildman–Crippen MR) is 74.8 cm³/mol. The Labute approximate surface area is 114 Å². The minimum Gasteiger partial charge on any atom is -0.379 e. The number of hydrogen-bond acceptors (Lipinski definition) is 3. The van der Waals surface area contributed by atoms with Gasteiger partial charge in [0.1, 0.15) is 0 Å². The van der Waals surface area contributed by atoms with Crippen LogP contribution in [0.3, 0.4) is 0 Å². The third-order valence-corrected chi connectivity index (χ3v) is 3.71. The van der Waals surface area contributed by atoms with Crippen LogP contribution in [0.15, 0.2) is 30.3 Å². The Morgan fingerprint density at radius 1 is 1.37 bits per heavy atom. The van der Waals surface area contributed by atoms with Gasteiger partial charge >= 0.3 is 0 Å². The second-order valence-corrected chi connectivity index (χ2v) is 4.92. The maximum Gasteiger partial charge on any atom is 0.227 e. The molecule has 1 aromatic carbocycles. The molecule has 1 heterocycles. The minimum atomic E-state index is -0.0947. The van der Waals surface area contributed by atoms with Crippen LogP contribution < -0.4 is 10.6 Å². The van der Waals surface area contributed by atoms with Gasteiger partial charge < -0.3 is 15.4 Å². The van der Waals surface area contributed by atoms with Crippen LogP contribution in [-0.2, 0) is 9.53 Å². The number of benzene rings is 1. The van der Waals surface area contributed by atoms with Gasteiger partial charge in [-0.2, -0.15) is 0 Å². The SMILES string of the molecule is CCC(NC(=O)C1COCC1NC)c1ccccc1. The Balaban J connectivity index is 2.00. The Morgan fingerprint density at radius 3 is 2.74 bits per heavy atom. The highest BCUT2D eigenvalue weighted by atomic mass is 16.5. The molecule has 1 saturated heterocycles. The first-order valence-electron chi connectivity index (χ1n) is 6.86. The van der Waals surface area contributed by atoms with Gasteiger partial charge in [0.15, 0.2) is 0 Å². The summed E-state index contributed by atoms with van der Waals surface area (Å²) >= 11 is 0. The molecule has 1 aliphatic rings. The zero-order chi connectivity index (χ0) is 13.7. The van der Waals surface area contributed by atoms with E-state index in [2.05, 4.69) is 29.7 Å². The van der Waals surface area contributed by atoms with Crippen molar-refractivity contribution in [3.63, 3.8) is 0 Å². The summed E-state index contributed by atoms with van der Waals surface area (Å²) in [7, 11) is 1.87. The molecule has 1 aliphatic heterocycles. The monoisotopic (exact) mass is 262 g/mol. The fraction of sp³-hybridized carbons (Fsp3) is 0.533. The molecule has 0 aromatic heterocycles. The highest BCUT2D eigenvalue weighted by molar-refractivity contribution is 5.80. The van der Waals surface area contributed by atoms with E-state index in [1.807, 2.05) is 25.2 Å². The van der Waals surface area contributed by atoms with Gasteiger partial charge in [-0.3, -0.25) is 4.79 Å². The van der Waals surface area contributed by atoms with Gasteiger partial charge in [0.2, 0.25) is 5.91 Å². The highest BCUT2D eigenvalue weighted by Gasteiger charge is 2.33. The summed E-state index contributed by atoms with van der Waals surface area (Å²) in [6.45, 7) is 3.19. The maximum atomic E-state index is 12.3. The van der Waals surface area contributed by atoms with Gasteiger partial charge in [-0.15, -0.1) is 0 Å². The Bertz CT molecular complexity index is 408. The lowest BCUT2D eigenvalue weighted by molar-refractivity contribution is -0.126. The number of likely N-dealkylation sites (N-methyl/N-ethyl adjacent to an activating group) is 1. The van der Waals surface area contributed by atoms with Crippen molar-refractivity contribution in [3.05, 3.63) is 35.9 Å². The molecule has 19 heavy (non-hydrogen) atoms. The zero-order valence-corrected chi connectivity index (χ0v) is 11.6. The van der Waals surface area contributed by atoms with Gasteiger partial charge in [-0.05, 0) is 19.0 Å². The third kappa shape index (κ3) is 3.33. The number of amides is 1. The van der Waals surface area contributed by atoms with Crippen molar-refractivity contribution in [2.24, 2.45) is 5.92 Å². The highest BCUT2D eigenvalue weighted by Crippen LogP contribution is 2.19. The molecule has 1 fully saturated rings. The molecule has 0 spiro atoms. The summed E-state index contributed by atoms with van der Waals surface area (Å²) in [5, 5.41) is 6.27. The Kier molecular flexibility index (Phi) is 4.93. The molecule has 1 amide bonds. The quantitative estimate of drug-likeness (QED) is 0.845. The molecule has 4 nitrogen and oxygen atoms in total. The summed E-state index contributed by atoms with van der Waals surface area (Å²) in [4.78, 5) is 12.3. The molecule has 2 rings (SSSR count). The predicted octanol–water partition coefficient (Wildman–Crippen LogP) is 1.49. The van der Waals surface area contributed by atoms with E-state index in [1.54, 1.807) is 0 Å². The average molecular weight is 262 g/mol. The smallest absolute Gasteiger partial charge is 0.227 e. The largest absolute Gasteiger partial charge is 0.379 e. The van der Waals surface area contributed by atoms with Crippen molar-refractivity contribution in [2.45, 2.75) is 25.4 Å². The first-order chi connectivity index (χ1) is 9.26. The Hall–Kier alpha value is -1.39. The minimum absolute atomic E-state index is 0.0757. The van der Waals surface area contributed by atoms with Crippen LogP contribution in [0.5, 0.6) is 0 Å². The van der Waals surface area contributed by atoms with Crippen LogP contribution in [0.25, 0.3) is 0 Å². The number of carbonyl (C=O) groups is 1. The number of nitrogens with one attached hydrogen (secondary N) is 2. The molecule has 2 N–H and O–H groups in total. The van der Waals surface area contributed by atoms with Gasteiger partial charge in [0.25, 0.3) is 0 Å². The van der Waals surface area contributed by atoms with Crippen molar-refractivity contribution in [2.75, 3.05) is 20.3 Å². The number of ether oxygens (including phenoxy) is 1. The van der Waals surface area contributed by atoms with Crippen LogP contribution in [0.1, 0.15) is 24.9 Å². The van der Waals surface area contributed by atoms with E-state index in [0.29, 0.717) is 13.2 Å². The second-order valence-electron chi connectivity index (χ2n) is 4.92. The van der Waals surface area contributed by atoms with E-state index < -0.39 is 0 Å². The summed E-state index contributed by atoms with van der Waals surface area (Å²) < 4.78 is 5.38. The molecule has 3 unspecified atom stereocenters. The third-order valence-electron chi connectivity index (χ3n) is 3.71. The van der Waals surface area contributed by atoms with Crippen molar-refractivity contribution < 1.29 is 9.53 Å². The molecule has 4 heteroatoms. The van der Waals surface area contributed by atoms with Gasteiger partial charge in [-0.1, -0.05) is 37.3 Å². The topological polar surface area (TPSA) is 50.4 Å². The summed E-state index contributed by atoms with van der Waals surface area (Å²) in [6.07, 6.45) is 0.882. The molecule has 0 bridgehead atoms. The van der Waals surface area contributed by atoms with Crippen molar-refractivity contribution in [1.82, 2.24) is 10.6 Å². The van der Waals surface area contributed by atoms with Crippen LogP contribution in [0, 0.1) is 5.92 Å². The first kappa shape index (κ1) is 14.0. The number of hydrogen-bond donors (Lipinski definition) is 2. The van der Waals surface area contributed by atoms with E-state index in [1.165, 1.54) is 0 Å². The van der Waals surface area contributed by atoms with E-state index in [4.69, 9.17) is 4.74 Å². The molecule has 0 aliphatic carbocycles. The lowest BCUT2D eigenvalue weighted by Gasteiger charge is -2.22. The average Bonchev–Trinajstić information content (AvgIpc) is 2.94. The van der Waals surface area contributed by atoms with Crippen molar-refractivity contribution >= 4 is 5.91 Å². The van der Waals surface area contributed by atoms with Crippen molar-refractivity contribution in [3.8, 4) is 0 Å². The van der Waals surface area contributed by atoms with Gasteiger partial charge in [-0.25, -0.2) is 0 Å². The van der Waals surface area contributed by atoms with Crippen LogP contribution in [-0.4, -0.2) is 32.2 Å². The molecular weight excluding hydrogens is 240 g/mol. The molecule has 1 aromatic rings. The van der Waals surface area contributed by atoms with E-state index in [0.717, 1.165) is 12.0 Å². The molecule has 0 saturated carbocycles. The van der Waals surface area contributed by atoms with E-state index >= 15 is 0 Å². The molecule has 3 atom stereocenters. The van der Waals surface area contributed by atoms with Crippen LogP contribution in [0.4, 0.5) is 0 Å². The number of carbonyl (C=O) groups excluding carboxylic acids is 1. The summed E-state index contributed by atoms with van der Waals surface area (Å²) in [5.74, 6) is -0.0182. The number of rotatable bonds is 5. The summed E-state index contributed by atoms with van der Waals surface area (Å²) in [5.41, 5.74) is 1.15. The van der Waals surface area contributed by atoms with Crippen molar-refractivity contribution in [1.29, 1.82) is 0 Å². The lowest BCUT2D eigenvalue weighted by atomic mass is 10.00.